The molecule has 0 unspecified atom stereocenters. The van der Waals surface area contributed by atoms with Gasteiger partial charge in [0.2, 0.25) is 0 Å². The summed E-state index contributed by atoms with van der Waals surface area (Å²) in [4.78, 5) is 4.94. The number of oxime groups is 1. The fraction of sp³-hybridized carbons (Fsp3) is 0.100. The minimum absolute atomic E-state index is 0.580. The lowest BCUT2D eigenvalue weighted by molar-refractivity contribution is 0.172. The van der Waals surface area contributed by atoms with Crippen LogP contribution in [-0.4, -0.2) is 12.3 Å². The molecule has 2 nitrogen and oxygen atoms in total. The van der Waals surface area contributed by atoms with E-state index in [1.54, 1.807) is 0 Å². The van der Waals surface area contributed by atoms with Gasteiger partial charge in [0.15, 0.2) is 0 Å². The molecule has 0 N–H and O–H groups in total. The van der Waals surface area contributed by atoms with E-state index in [1.807, 2.05) is 42.5 Å². The van der Waals surface area contributed by atoms with E-state index in [0.29, 0.717) is 6.61 Å². The molecule has 1 aromatic carbocycles. The van der Waals surface area contributed by atoms with E-state index in [2.05, 4.69) is 5.16 Å². The molecular weight excluding hydrogens is 150 g/mol. The summed E-state index contributed by atoms with van der Waals surface area (Å²) in [6, 6.07) is 9.98. The molecule has 1 aromatic rings. The molecule has 0 radical (unpaired) electrons. The Bertz CT molecular complexity index is 314. The molecule has 0 bridgehead atoms. The van der Waals surface area contributed by atoms with Gasteiger partial charge in [-0.3, -0.25) is 0 Å². The Morgan fingerprint density at radius 2 is 2.00 bits per heavy atom. The van der Waals surface area contributed by atoms with Crippen LogP contribution in [0.4, 0.5) is 0 Å². The monoisotopic (exact) mass is 159 g/mol. The van der Waals surface area contributed by atoms with E-state index in [9.17, 15) is 0 Å². The Hall–Kier alpha value is -1.57. The first-order valence-electron chi connectivity index (χ1n) is 3.89. The molecule has 0 saturated heterocycles. The van der Waals surface area contributed by atoms with Crippen molar-refractivity contribution in [2.45, 2.75) is 0 Å². The first-order valence-corrected chi connectivity index (χ1v) is 3.89. The summed E-state index contributed by atoms with van der Waals surface area (Å²) in [5.41, 5.74) is 1.98. The van der Waals surface area contributed by atoms with E-state index in [-0.39, 0.29) is 0 Å². The van der Waals surface area contributed by atoms with Gasteiger partial charge in [-0.25, -0.2) is 0 Å². The third-order valence-corrected chi connectivity index (χ3v) is 1.68. The largest absolute Gasteiger partial charge is 0.391 e. The third kappa shape index (κ3) is 1.37. The van der Waals surface area contributed by atoms with E-state index in [4.69, 9.17) is 4.84 Å². The van der Waals surface area contributed by atoms with Crippen molar-refractivity contribution < 1.29 is 4.84 Å². The summed E-state index contributed by atoms with van der Waals surface area (Å²) in [6.07, 6.45) is 3.92. The van der Waals surface area contributed by atoms with Crippen molar-refractivity contribution in [3.63, 3.8) is 0 Å². The summed E-state index contributed by atoms with van der Waals surface area (Å²) < 4.78 is 0. The summed E-state index contributed by atoms with van der Waals surface area (Å²) in [5, 5.41) is 3.93. The molecule has 0 atom stereocenters. The predicted molar refractivity (Wildman–Crippen MR) is 48.1 cm³/mol. The molecule has 0 amide bonds. The molecule has 0 spiro atoms. The number of nitrogens with zero attached hydrogens (tertiary/aromatic N) is 1. The minimum atomic E-state index is 0.580. The molecule has 0 aliphatic carbocycles. The maximum Gasteiger partial charge on any atom is 0.135 e. The van der Waals surface area contributed by atoms with E-state index >= 15 is 0 Å². The fourth-order valence-corrected chi connectivity index (χ4v) is 1.10. The molecule has 1 heterocycles. The maximum absolute atomic E-state index is 4.94. The summed E-state index contributed by atoms with van der Waals surface area (Å²) in [7, 11) is 0. The third-order valence-electron chi connectivity index (χ3n) is 1.68. The highest BCUT2D eigenvalue weighted by molar-refractivity contribution is 6.08. The molecule has 12 heavy (non-hydrogen) atoms. The summed E-state index contributed by atoms with van der Waals surface area (Å²) in [6.45, 7) is 0.580. The zero-order chi connectivity index (χ0) is 8.23. The molecule has 1 aliphatic rings. The Labute approximate surface area is 71.2 Å². The highest BCUT2D eigenvalue weighted by Gasteiger charge is 2.01. The van der Waals surface area contributed by atoms with Crippen LogP contribution in [0.2, 0.25) is 0 Å². The SMILES string of the molecule is C1=CC(c2ccccc2)=NOC1. The highest BCUT2D eigenvalue weighted by Crippen LogP contribution is 2.05. The van der Waals surface area contributed by atoms with Crippen molar-refractivity contribution >= 4 is 5.71 Å². The Balaban J connectivity index is 2.31. The van der Waals surface area contributed by atoms with Gasteiger partial charge >= 0.3 is 0 Å². The van der Waals surface area contributed by atoms with Crippen LogP contribution in [0.1, 0.15) is 5.56 Å². The van der Waals surface area contributed by atoms with Gasteiger partial charge in [-0.2, -0.15) is 0 Å². The molecule has 60 valence electrons. The van der Waals surface area contributed by atoms with E-state index in [0.717, 1.165) is 11.3 Å². The number of allylic oxidation sites excluding steroid dienone is 1. The zero-order valence-electron chi connectivity index (χ0n) is 6.60. The Morgan fingerprint density at radius 3 is 2.67 bits per heavy atom. The lowest BCUT2D eigenvalue weighted by Crippen LogP contribution is -2.02. The van der Waals surface area contributed by atoms with Crippen molar-refractivity contribution in [1.82, 2.24) is 0 Å². The first kappa shape index (κ1) is 7.10. The van der Waals surface area contributed by atoms with Gasteiger partial charge in [-0.15, -0.1) is 0 Å². The molecule has 0 saturated carbocycles. The summed E-state index contributed by atoms with van der Waals surface area (Å²) in [5.74, 6) is 0. The molecule has 0 fully saturated rings. The molecular formula is C10H9NO. The van der Waals surface area contributed by atoms with Crippen molar-refractivity contribution in [2.75, 3.05) is 6.61 Å². The lowest BCUT2D eigenvalue weighted by atomic mass is 10.1. The van der Waals surface area contributed by atoms with Crippen LogP contribution in [0.25, 0.3) is 0 Å². The summed E-state index contributed by atoms with van der Waals surface area (Å²) >= 11 is 0. The highest BCUT2D eigenvalue weighted by atomic mass is 16.6. The zero-order valence-corrected chi connectivity index (χ0v) is 6.60. The average Bonchev–Trinajstić information content (AvgIpc) is 2.21. The molecule has 2 heteroatoms. The minimum Gasteiger partial charge on any atom is -0.391 e. The average molecular weight is 159 g/mol. The normalized spacial score (nSPS) is 15.2. The van der Waals surface area contributed by atoms with Gasteiger partial charge in [0, 0.05) is 5.56 Å². The van der Waals surface area contributed by atoms with Gasteiger partial charge in [0.25, 0.3) is 0 Å². The van der Waals surface area contributed by atoms with Crippen molar-refractivity contribution in [1.29, 1.82) is 0 Å². The van der Waals surface area contributed by atoms with Crippen LogP contribution in [0.15, 0.2) is 47.6 Å². The van der Waals surface area contributed by atoms with Gasteiger partial charge in [0.1, 0.15) is 12.3 Å². The van der Waals surface area contributed by atoms with Crippen molar-refractivity contribution in [3.05, 3.63) is 48.0 Å². The number of benzene rings is 1. The predicted octanol–water partition coefficient (Wildman–Crippen LogP) is 1.98. The quantitative estimate of drug-likeness (QED) is 0.614. The van der Waals surface area contributed by atoms with Gasteiger partial charge in [-0.05, 0) is 12.2 Å². The fourth-order valence-electron chi connectivity index (χ4n) is 1.10. The van der Waals surface area contributed by atoms with Crippen molar-refractivity contribution in [2.24, 2.45) is 5.16 Å². The van der Waals surface area contributed by atoms with Gasteiger partial charge in [-0.1, -0.05) is 35.5 Å². The molecule has 0 aromatic heterocycles. The van der Waals surface area contributed by atoms with E-state index < -0.39 is 0 Å². The second-order valence-corrected chi connectivity index (χ2v) is 2.54. The Kier molecular flexibility index (Phi) is 1.90. The van der Waals surface area contributed by atoms with Crippen LogP contribution in [0.5, 0.6) is 0 Å². The van der Waals surface area contributed by atoms with Gasteiger partial charge in [0.05, 0.1) is 0 Å². The second kappa shape index (κ2) is 3.22. The molecule has 2 rings (SSSR count). The molecule has 1 aliphatic heterocycles. The number of hydrogen-bond donors (Lipinski definition) is 0. The first-order chi connectivity index (χ1) is 5.97. The second-order valence-electron chi connectivity index (χ2n) is 2.54. The van der Waals surface area contributed by atoms with Crippen molar-refractivity contribution in [3.8, 4) is 0 Å². The number of hydrogen-bond acceptors (Lipinski definition) is 2. The standard InChI is InChI=1S/C10H9NO/c1-2-5-9(6-3-1)10-7-4-8-12-11-10/h1-7H,8H2. The van der Waals surface area contributed by atoms with E-state index in [1.165, 1.54) is 0 Å². The van der Waals surface area contributed by atoms with Crippen LogP contribution in [0, 0.1) is 0 Å². The van der Waals surface area contributed by atoms with Crippen LogP contribution >= 0.6 is 0 Å². The topological polar surface area (TPSA) is 21.6 Å². The van der Waals surface area contributed by atoms with Crippen LogP contribution in [0.3, 0.4) is 0 Å². The number of rotatable bonds is 1. The smallest absolute Gasteiger partial charge is 0.135 e. The Morgan fingerprint density at radius 1 is 1.17 bits per heavy atom. The van der Waals surface area contributed by atoms with Crippen LogP contribution < -0.4 is 0 Å². The maximum atomic E-state index is 4.94. The van der Waals surface area contributed by atoms with Gasteiger partial charge < -0.3 is 4.84 Å². The lowest BCUT2D eigenvalue weighted by Gasteiger charge is -2.05. The van der Waals surface area contributed by atoms with Crippen LogP contribution in [-0.2, 0) is 4.84 Å².